The molecule has 0 spiro atoms. The van der Waals surface area contributed by atoms with Crippen LogP contribution in [0.15, 0.2) is 65.6 Å². The van der Waals surface area contributed by atoms with Crippen molar-refractivity contribution in [1.82, 2.24) is 19.5 Å². The minimum absolute atomic E-state index is 0.0552. The first-order chi connectivity index (χ1) is 15.8. The molecule has 2 N–H and O–H groups in total. The second-order valence-electron chi connectivity index (χ2n) is 7.62. The molecule has 0 saturated carbocycles. The summed E-state index contributed by atoms with van der Waals surface area (Å²) in [6.45, 7) is 1.84. The second kappa shape index (κ2) is 8.39. The average molecular weight is 497 g/mol. The van der Waals surface area contributed by atoms with Crippen LogP contribution in [-0.4, -0.2) is 19.5 Å². The van der Waals surface area contributed by atoms with E-state index in [0.29, 0.717) is 32.8 Å². The number of halogens is 3. The fourth-order valence-corrected chi connectivity index (χ4v) is 4.56. The summed E-state index contributed by atoms with van der Waals surface area (Å²) in [5, 5.41) is 1.87. The molecule has 3 aromatic heterocycles. The van der Waals surface area contributed by atoms with Gasteiger partial charge in [0.05, 0.1) is 15.9 Å². The third-order valence-electron chi connectivity index (χ3n) is 5.42. The van der Waals surface area contributed by atoms with Gasteiger partial charge in [0, 0.05) is 29.2 Å². The third kappa shape index (κ3) is 3.85. The summed E-state index contributed by atoms with van der Waals surface area (Å²) in [4.78, 5) is 25.9. The van der Waals surface area contributed by atoms with Crippen LogP contribution in [0.3, 0.4) is 0 Å². The standard InChI is InChI=1S/C24H16Cl3N5O/c1-12(28)19-10-14-3-2-4-17(25)20(14)23(33)32(19)16-7-5-13(6-8-16)15-9-18-21(29-11-15)22(26)31-24(27)30-18/h2-12H,28H2,1H3/t12-/m0/s1. The van der Waals surface area contributed by atoms with E-state index in [2.05, 4.69) is 15.0 Å². The van der Waals surface area contributed by atoms with Crippen LogP contribution in [0, 0.1) is 0 Å². The van der Waals surface area contributed by atoms with Crippen molar-refractivity contribution in [3.63, 3.8) is 0 Å². The average Bonchev–Trinajstić information content (AvgIpc) is 2.78. The molecule has 0 amide bonds. The Kier molecular flexibility index (Phi) is 5.54. The number of hydrogen-bond acceptors (Lipinski definition) is 5. The van der Waals surface area contributed by atoms with Gasteiger partial charge in [-0.2, -0.15) is 0 Å². The predicted molar refractivity (Wildman–Crippen MR) is 134 cm³/mol. The van der Waals surface area contributed by atoms with Crippen molar-refractivity contribution in [3.05, 3.63) is 92.3 Å². The molecule has 5 rings (SSSR count). The molecule has 164 valence electrons. The van der Waals surface area contributed by atoms with E-state index in [1.807, 2.05) is 55.5 Å². The summed E-state index contributed by atoms with van der Waals surface area (Å²) in [5.74, 6) is 0. The molecule has 0 aliphatic rings. The minimum Gasteiger partial charge on any atom is -0.323 e. The van der Waals surface area contributed by atoms with Crippen molar-refractivity contribution in [1.29, 1.82) is 0 Å². The summed E-state index contributed by atoms with van der Waals surface area (Å²) in [7, 11) is 0. The zero-order chi connectivity index (χ0) is 23.3. The van der Waals surface area contributed by atoms with E-state index in [-0.39, 0.29) is 22.0 Å². The van der Waals surface area contributed by atoms with Gasteiger partial charge in [-0.05, 0) is 59.8 Å². The molecule has 0 saturated heterocycles. The van der Waals surface area contributed by atoms with Crippen molar-refractivity contribution < 1.29 is 0 Å². The van der Waals surface area contributed by atoms with E-state index in [9.17, 15) is 4.79 Å². The van der Waals surface area contributed by atoms with Crippen LogP contribution in [0.1, 0.15) is 18.7 Å². The molecule has 3 heterocycles. The normalized spacial score (nSPS) is 12.4. The maximum absolute atomic E-state index is 13.4. The summed E-state index contributed by atoms with van der Waals surface area (Å²) < 4.78 is 1.61. The van der Waals surface area contributed by atoms with E-state index in [1.165, 1.54) is 0 Å². The van der Waals surface area contributed by atoms with Crippen LogP contribution in [0.5, 0.6) is 0 Å². The van der Waals surface area contributed by atoms with Gasteiger partial charge in [0.15, 0.2) is 5.15 Å². The number of pyridine rings is 2. The summed E-state index contributed by atoms with van der Waals surface area (Å²) in [5.41, 5.74) is 10.1. The lowest BCUT2D eigenvalue weighted by molar-refractivity contribution is 0.734. The Morgan fingerprint density at radius 1 is 0.970 bits per heavy atom. The van der Waals surface area contributed by atoms with E-state index >= 15 is 0 Å². The molecule has 0 aliphatic carbocycles. The van der Waals surface area contributed by atoms with Gasteiger partial charge in [-0.15, -0.1) is 0 Å². The predicted octanol–water partition coefficient (Wildman–Crippen LogP) is 5.98. The van der Waals surface area contributed by atoms with Crippen molar-refractivity contribution >= 4 is 56.6 Å². The zero-order valence-electron chi connectivity index (χ0n) is 17.3. The van der Waals surface area contributed by atoms with Gasteiger partial charge in [0.25, 0.3) is 5.56 Å². The largest absolute Gasteiger partial charge is 0.323 e. The lowest BCUT2D eigenvalue weighted by atomic mass is 10.1. The van der Waals surface area contributed by atoms with E-state index < -0.39 is 0 Å². The van der Waals surface area contributed by atoms with Crippen LogP contribution >= 0.6 is 34.8 Å². The Labute approximate surface area is 203 Å². The van der Waals surface area contributed by atoms with Gasteiger partial charge in [0.1, 0.15) is 5.52 Å². The highest BCUT2D eigenvalue weighted by Crippen LogP contribution is 2.28. The Hall–Kier alpha value is -3.03. The monoisotopic (exact) mass is 495 g/mol. The van der Waals surface area contributed by atoms with E-state index in [4.69, 9.17) is 40.5 Å². The number of hydrogen-bond donors (Lipinski definition) is 1. The van der Waals surface area contributed by atoms with Crippen LogP contribution in [0.25, 0.3) is 38.6 Å². The maximum atomic E-state index is 13.4. The fraction of sp³-hybridized carbons (Fsp3) is 0.0833. The van der Waals surface area contributed by atoms with Gasteiger partial charge in [-0.25, -0.2) is 9.97 Å². The molecule has 0 unspecified atom stereocenters. The number of nitrogens with two attached hydrogens (primary N) is 1. The smallest absolute Gasteiger partial charge is 0.264 e. The zero-order valence-corrected chi connectivity index (χ0v) is 19.5. The third-order valence-corrected chi connectivity index (χ3v) is 6.16. The molecule has 0 bridgehead atoms. The molecular formula is C24H16Cl3N5O. The van der Waals surface area contributed by atoms with E-state index in [1.54, 1.807) is 16.8 Å². The van der Waals surface area contributed by atoms with Gasteiger partial charge in [-0.3, -0.25) is 14.3 Å². The number of aromatic nitrogens is 4. The Morgan fingerprint density at radius 2 is 1.73 bits per heavy atom. The summed E-state index contributed by atoms with van der Waals surface area (Å²) in [6.07, 6.45) is 1.69. The van der Waals surface area contributed by atoms with Gasteiger partial charge < -0.3 is 5.73 Å². The SMILES string of the molecule is C[C@H](N)c1cc2cccc(Cl)c2c(=O)n1-c1ccc(-c2cnc3c(Cl)nc(Cl)nc3c2)cc1. The Bertz CT molecular complexity index is 1600. The molecule has 1 atom stereocenters. The van der Waals surface area contributed by atoms with Crippen molar-refractivity contribution in [2.24, 2.45) is 5.73 Å². The quantitative estimate of drug-likeness (QED) is 0.245. The molecule has 0 aliphatic heterocycles. The summed E-state index contributed by atoms with van der Waals surface area (Å²) in [6, 6.07) is 16.3. The topological polar surface area (TPSA) is 86.7 Å². The molecular weight excluding hydrogens is 481 g/mol. The number of rotatable bonds is 3. The maximum Gasteiger partial charge on any atom is 0.264 e. The van der Waals surface area contributed by atoms with Crippen molar-refractivity contribution in [3.8, 4) is 16.8 Å². The van der Waals surface area contributed by atoms with Crippen LogP contribution < -0.4 is 11.3 Å². The van der Waals surface area contributed by atoms with Gasteiger partial charge in [-0.1, -0.05) is 47.5 Å². The van der Waals surface area contributed by atoms with Gasteiger partial charge >= 0.3 is 0 Å². The van der Waals surface area contributed by atoms with Crippen molar-refractivity contribution in [2.45, 2.75) is 13.0 Å². The molecule has 2 aromatic carbocycles. The highest BCUT2D eigenvalue weighted by Gasteiger charge is 2.16. The molecule has 0 radical (unpaired) electrons. The molecule has 33 heavy (non-hydrogen) atoms. The Balaban J connectivity index is 1.64. The van der Waals surface area contributed by atoms with Crippen LogP contribution in [-0.2, 0) is 0 Å². The first-order valence-corrected chi connectivity index (χ1v) is 11.2. The fourth-order valence-electron chi connectivity index (χ4n) is 3.86. The van der Waals surface area contributed by atoms with Crippen molar-refractivity contribution in [2.75, 3.05) is 0 Å². The van der Waals surface area contributed by atoms with E-state index in [0.717, 1.165) is 16.5 Å². The van der Waals surface area contributed by atoms with Crippen LogP contribution in [0.4, 0.5) is 0 Å². The lowest BCUT2D eigenvalue weighted by Crippen LogP contribution is -2.25. The first kappa shape index (κ1) is 21.8. The molecule has 0 fully saturated rings. The number of nitrogens with zero attached hydrogens (tertiary/aromatic N) is 4. The molecule has 9 heteroatoms. The number of fused-ring (bicyclic) bond motifs is 2. The highest BCUT2D eigenvalue weighted by atomic mass is 35.5. The molecule has 5 aromatic rings. The number of benzene rings is 2. The Morgan fingerprint density at radius 3 is 2.45 bits per heavy atom. The minimum atomic E-state index is -0.361. The molecule has 6 nitrogen and oxygen atoms in total. The van der Waals surface area contributed by atoms with Gasteiger partial charge in [0.2, 0.25) is 5.28 Å². The second-order valence-corrected chi connectivity index (χ2v) is 8.73. The van der Waals surface area contributed by atoms with Crippen LogP contribution in [0.2, 0.25) is 15.5 Å². The summed E-state index contributed by atoms with van der Waals surface area (Å²) >= 11 is 18.4. The first-order valence-electron chi connectivity index (χ1n) is 10.0. The lowest BCUT2D eigenvalue weighted by Gasteiger charge is -2.18. The highest BCUT2D eigenvalue weighted by molar-refractivity contribution is 6.35.